The molecule has 2 aromatic carbocycles. The molecule has 0 atom stereocenters. The molecule has 0 aliphatic rings. The molecule has 0 fully saturated rings. The van der Waals surface area contributed by atoms with Gasteiger partial charge in [-0.2, -0.15) is 4.99 Å². The first-order valence-corrected chi connectivity index (χ1v) is 10.1. The lowest BCUT2D eigenvalue weighted by Crippen LogP contribution is -2.22. The lowest BCUT2D eigenvalue weighted by Gasteiger charge is -2.09. The highest BCUT2D eigenvalue weighted by molar-refractivity contribution is 7.07. The topological polar surface area (TPSA) is 79.1 Å². The number of nitrogens with zero attached hydrogens (tertiary/aromatic N) is 2. The van der Waals surface area contributed by atoms with Crippen molar-refractivity contribution in [2.45, 2.75) is 13.5 Å². The van der Waals surface area contributed by atoms with Gasteiger partial charge in [-0.15, -0.1) is 11.3 Å². The highest BCUT2D eigenvalue weighted by Crippen LogP contribution is 2.25. The van der Waals surface area contributed by atoms with Crippen molar-refractivity contribution in [2.75, 3.05) is 20.3 Å². The number of benzene rings is 2. The number of rotatable bonds is 8. The van der Waals surface area contributed by atoms with E-state index in [9.17, 15) is 9.59 Å². The van der Waals surface area contributed by atoms with E-state index in [1.54, 1.807) is 24.3 Å². The van der Waals surface area contributed by atoms with E-state index >= 15 is 0 Å². The molecule has 30 heavy (non-hydrogen) atoms. The van der Waals surface area contributed by atoms with Crippen LogP contribution < -0.4 is 14.3 Å². The number of methoxy groups -OCH3 is 1. The standard InChI is InChI=1S/C22H22N2O5S/c1-16-7-9-17(10-8-16)13-24-11-12-30-22(24)23-20(25)14-29-21(26)15-28-19-6-4-3-5-18(19)27-2/h3-12H,13-15H2,1-2H3. The maximum Gasteiger partial charge on any atom is 0.344 e. The van der Waals surface area contributed by atoms with Crippen LogP contribution in [0.4, 0.5) is 0 Å². The molecule has 0 saturated carbocycles. The molecule has 7 nitrogen and oxygen atoms in total. The molecule has 0 unspecified atom stereocenters. The smallest absolute Gasteiger partial charge is 0.344 e. The molecular formula is C22H22N2O5S. The minimum Gasteiger partial charge on any atom is -0.493 e. The number of hydrogen-bond acceptors (Lipinski definition) is 6. The molecule has 1 heterocycles. The lowest BCUT2D eigenvalue weighted by atomic mass is 10.1. The minimum absolute atomic E-state index is 0.333. The molecule has 8 heteroatoms. The van der Waals surface area contributed by atoms with Crippen LogP contribution >= 0.6 is 11.3 Å². The van der Waals surface area contributed by atoms with Gasteiger partial charge in [0, 0.05) is 18.1 Å². The average Bonchev–Trinajstić information content (AvgIpc) is 3.19. The fraction of sp³-hybridized carbons (Fsp3) is 0.227. The molecule has 156 valence electrons. The van der Waals surface area contributed by atoms with E-state index in [1.807, 2.05) is 47.3 Å². The van der Waals surface area contributed by atoms with Crippen LogP contribution in [0.15, 0.2) is 65.1 Å². The van der Waals surface area contributed by atoms with Crippen molar-refractivity contribution in [1.29, 1.82) is 0 Å². The van der Waals surface area contributed by atoms with Crippen LogP contribution in [0.2, 0.25) is 0 Å². The monoisotopic (exact) mass is 426 g/mol. The number of aromatic nitrogens is 1. The maximum atomic E-state index is 12.1. The van der Waals surface area contributed by atoms with Crippen LogP contribution in [-0.4, -0.2) is 36.8 Å². The Morgan fingerprint density at radius 3 is 2.50 bits per heavy atom. The molecular weight excluding hydrogens is 404 g/mol. The van der Waals surface area contributed by atoms with Crippen LogP contribution in [0, 0.1) is 6.92 Å². The van der Waals surface area contributed by atoms with Gasteiger partial charge in [-0.1, -0.05) is 42.0 Å². The Balaban J connectivity index is 1.53. The van der Waals surface area contributed by atoms with Gasteiger partial charge in [-0.25, -0.2) is 4.79 Å². The molecule has 3 rings (SSSR count). The molecule has 0 aliphatic heterocycles. The quantitative estimate of drug-likeness (QED) is 0.518. The number of aryl methyl sites for hydroxylation is 1. The predicted octanol–water partition coefficient (Wildman–Crippen LogP) is 2.96. The summed E-state index contributed by atoms with van der Waals surface area (Å²) in [5.74, 6) is -0.278. The average molecular weight is 426 g/mol. The van der Waals surface area contributed by atoms with Gasteiger partial charge in [-0.05, 0) is 24.6 Å². The van der Waals surface area contributed by atoms with E-state index in [4.69, 9.17) is 14.2 Å². The summed E-state index contributed by atoms with van der Waals surface area (Å²) in [7, 11) is 1.51. The van der Waals surface area contributed by atoms with Crippen molar-refractivity contribution in [1.82, 2.24) is 4.57 Å². The van der Waals surface area contributed by atoms with Crippen molar-refractivity contribution in [2.24, 2.45) is 4.99 Å². The number of amides is 1. The number of carbonyl (C=O) groups excluding carboxylic acids is 2. The first kappa shape index (κ1) is 21.3. The van der Waals surface area contributed by atoms with Gasteiger partial charge in [0.15, 0.2) is 29.5 Å². The molecule has 3 aromatic rings. The maximum absolute atomic E-state index is 12.1. The van der Waals surface area contributed by atoms with E-state index in [0.29, 0.717) is 22.8 Å². The summed E-state index contributed by atoms with van der Waals surface area (Å²) in [5.41, 5.74) is 2.29. The zero-order valence-corrected chi connectivity index (χ0v) is 17.6. The molecule has 0 bridgehead atoms. The van der Waals surface area contributed by atoms with Crippen LogP contribution in [0.5, 0.6) is 11.5 Å². The minimum atomic E-state index is -0.664. The van der Waals surface area contributed by atoms with Crippen LogP contribution in [-0.2, 0) is 20.9 Å². The van der Waals surface area contributed by atoms with Gasteiger partial charge in [-0.3, -0.25) is 4.79 Å². The first-order valence-electron chi connectivity index (χ1n) is 9.23. The summed E-state index contributed by atoms with van der Waals surface area (Å²) in [6.45, 7) is 1.85. The fourth-order valence-corrected chi connectivity index (χ4v) is 3.34. The Hall–Kier alpha value is -3.39. The van der Waals surface area contributed by atoms with Crippen molar-refractivity contribution in [3.63, 3.8) is 0 Å². The van der Waals surface area contributed by atoms with Gasteiger partial charge in [0.1, 0.15) is 0 Å². The summed E-state index contributed by atoms with van der Waals surface area (Å²) < 4.78 is 17.4. The summed E-state index contributed by atoms with van der Waals surface area (Å²) in [4.78, 5) is 28.6. The summed E-state index contributed by atoms with van der Waals surface area (Å²) in [5, 5.41) is 1.85. The number of thiazole rings is 1. The Labute approximate surface area is 178 Å². The lowest BCUT2D eigenvalue weighted by molar-refractivity contribution is -0.149. The van der Waals surface area contributed by atoms with Crippen molar-refractivity contribution < 1.29 is 23.8 Å². The van der Waals surface area contributed by atoms with Gasteiger partial charge >= 0.3 is 5.97 Å². The van der Waals surface area contributed by atoms with Gasteiger partial charge in [0.25, 0.3) is 5.91 Å². The molecule has 0 aliphatic carbocycles. The Bertz CT molecular complexity index is 1070. The van der Waals surface area contributed by atoms with E-state index in [-0.39, 0.29) is 6.61 Å². The van der Waals surface area contributed by atoms with E-state index in [2.05, 4.69) is 4.99 Å². The van der Waals surface area contributed by atoms with Gasteiger partial charge in [0.2, 0.25) is 0 Å². The van der Waals surface area contributed by atoms with Gasteiger partial charge < -0.3 is 18.8 Å². The van der Waals surface area contributed by atoms with E-state index in [1.165, 1.54) is 24.0 Å². The highest BCUT2D eigenvalue weighted by atomic mass is 32.1. The largest absolute Gasteiger partial charge is 0.493 e. The van der Waals surface area contributed by atoms with Crippen molar-refractivity contribution in [3.8, 4) is 11.5 Å². The second kappa shape index (κ2) is 10.4. The summed E-state index contributed by atoms with van der Waals surface area (Å²) in [6.07, 6.45) is 1.86. The van der Waals surface area contributed by atoms with Crippen molar-refractivity contribution >= 4 is 23.2 Å². The zero-order valence-electron chi connectivity index (χ0n) is 16.7. The predicted molar refractivity (Wildman–Crippen MR) is 113 cm³/mol. The molecule has 0 spiro atoms. The molecule has 0 saturated heterocycles. The Morgan fingerprint density at radius 2 is 1.77 bits per heavy atom. The molecule has 1 aromatic heterocycles. The molecule has 1 amide bonds. The number of para-hydroxylation sites is 2. The Morgan fingerprint density at radius 1 is 1.03 bits per heavy atom. The molecule has 0 N–H and O–H groups in total. The number of ether oxygens (including phenoxy) is 3. The summed E-state index contributed by atoms with van der Waals surface area (Å²) in [6, 6.07) is 15.1. The van der Waals surface area contributed by atoms with E-state index in [0.717, 1.165) is 5.56 Å². The SMILES string of the molecule is COc1ccccc1OCC(=O)OCC(=O)N=c1sccn1Cc1ccc(C)cc1. The second-order valence-corrected chi connectivity index (χ2v) is 7.28. The zero-order chi connectivity index (χ0) is 21.3. The van der Waals surface area contributed by atoms with Crippen molar-refractivity contribution in [3.05, 3.63) is 76.0 Å². The molecule has 0 radical (unpaired) electrons. The first-order chi connectivity index (χ1) is 14.5. The normalized spacial score (nSPS) is 11.2. The highest BCUT2D eigenvalue weighted by Gasteiger charge is 2.10. The van der Waals surface area contributed by atoms with E-state index < -0.39 is 18.5 Å². The third-order valence-electron chi connectivity index (χ3n) is 4.13. The number of carbonyl (C=O) groups is 2. The third-order valence-corrected chi connectivity index (χ3v) is 4.92. The van der Waals surface area contributed by atoms with Gasteiger partial charge in [0.05, 0.1) is 7.11 Å². The summed E-state index contributed by atoms with van der Waals surface area (Å²) >= 11 is 1.34. The van der Waals surface area contributed by atoms with Crippen LogP contribution in [0.1, 0.15) is 11.1 Å². The van der Waals surface area contributed by atoms with Crippen LogP contribution in [0.25, 0.3) is 0 Å². The number of hydrogen-bond donors (Lipinski definition) is 0. The van der Waals surface area contributed by atoms with Crippen LogP contribution in [0.3, 0.4) is 0 Å². The third kappa shape index (κ3) is 6.05. The Kier molecular flexibility index (Phi) is 7.40. The number of esters is 1. The second-order valence-electron chi connectivity index (χ2n) is 6.40. The fourth-order valence-electron chi connectivity index (χ4n) is 2.59.